The van der Waals surface area contributed by atoms with Gasteiger partial charge in [-0.25, -0.2) is 0 Å². The van der Waals surface area contributed by atoms with Crippen LogP contribution in [-0.2, 0) is 0 Å². The Morgan fingerprint density at radius 2 is 2.05 bits per heavy atom. The fourth-order valence-electron chi connectivity index (χ4n) is 2.54. The quantitative estimate of drug-likeness (QED) is 0.792. The van der Waals surface area contributed by atoms with Crippen molar-refractivity contribution in [3.05, 3.63) is 35.0 Å². The average Bonchev–Trinajstić information content (AvgIpc) is 2.70. The average molecular weight is 288 g/mol. The molecule has 1 unspecified atom stereocenters. The number of aryl methyl sites for hydroxylation is 2. The lowest BCUT2D eigenvalue weighted by molar-refractivity contribution is 0.0900. The summed E-state index contributed by atoms with van der Waals surface area (Å²) in [5.74, 6) is 0.275. The number of hydrogen-bond acceptors (Lipinski definition) is 2. The van der Waals surface area contributed by atoms with Crippen molar-refractivity contribution in [2.45, 2.75) is 40.2 Å². The van der Waals surface area contributed by atoms with Crippen LogP contribution in [0.4, 0.5) is 0 Å². The lowest BCUT2D eigenvalue weighted by Crippen LogP contribution is -2.32. The summed E-state index contributed by atoms with van der Waals surface area (Å²) < 4.78 is 0. The number of rotatable bonds is 5. The number of aromatic amines is 1. The van der Waals surface area contributed by atoms with Crippen LogP contribution in [0.2, 0.25) is 0 Å². The highest BCUT2D eigenvalue weighted by atomic mass is 16.3. The third kappa shape index (κ3) is 3.64. The second-order valence-electron chi connectivity index (χ2n) is 6.13. The summed E-state index contributed by atoms with van der Waals surface area (Å²) in [6.07, 6.45) is 0.198. The molecule has 3 N–H and O–H groups in total. The molecule has 1 amide bonds. The molecule has 0 aliphatic heterocycles. The fourth-order valence-corrected chi connectivity index (χ4v) is 2.54. The molecule has 4 heteroatoms. The van der Waals surface area contributed by atoms with Crippen molar-refractivity contribution in [3.63, 3.8) is 0 Å². The summed E-state index contributed by atoms with van der Waals surface area (Å²) in [6.45, 7) is 8.46. The number of aliphatic hydroxyl groups excluding tert-OH is 1. The number of aromatic nitrogens is 1. The largest absolute Gasteiger partial charge is 0.391 e. The number of aliphatic hydroxyl groups is 1. The summed E-state index contributed by atoms with van der Waals surface area (Å²) >= 11 is 0. The standard InChI is InChI=1S/C17H24N2O2/c1-10(2)7-14(20)9-18-17(21)13-5-6-16-15(8-13)11(3)12(4)19-16/h5-6,8,10,14,19-20H,7,9H2,1-4H3,(H,18,21). The number of amides is 1. The monoisotopic (exact) mass is 288 g/mol. The maximum atomic E-state index is 12.2. The van der Waals surface area contributed by atoms with Gasteiger partial charge in [0.05, 0.1) is 6.10 Å². The molecule has 2 rings (SSSR count). The van der Waals surface area contributed by atoms with Crippen molar-refractivity contribution < 1.29 is 9.90 Å². The summed E-state index contributed by atoms with van der Waals surface area (Å²) in [6, 6.07) is 5.63. The first kappa shape index (κ1) is 15.6. The molecule has 2 aromatic rings. The van der Waals surface area contributed by atoms with Gasteiger partial charge in [-0.15, -0.1) is 0 Å². The predicted molar refractivity (Wildman–Crippen MR) is 85.6 cm³/mol. The number of benzene rings is 1. The van der Waals surface area contributed by atoms with Crippen molar-refractivity contribution in [2.75, 3.05) is 6.54 Å². The van der Waals surface area contributed by atoms with Crippen molar-refractivity contribution in [2.24, 2.45) is 5.92 Å². The van der Waals surface area contributed by atoms with Gasteiger partial charge < -0.3 is 15.4 Å². The van der Waals surface area contributed by atoms with Gasteiger partial charge in [0.2, 0.25) is 0 Å². The molecule has 1 heterocycles. The van der Waals surface area contributed by atoms with Crippen LogP contribution in [0, 0.1) is 19.8 Å². The first-order valence-electron chi connectivity index (χ1n) is 7.43. The van der Waals surface area contributed by atoms with Crippen molar-refractivity contribution in [3.8, 4) is 0 Å². The summed E-state index contributed by atoms with van der Waals surface area (Å²) in [4.78, 5) is 15.5. The van der Waals surface area contributed by atoms with E-state index in [1.54, 1.807) is 0 Å². The molecule has 4 nitrogen and oxygen atoms in total. The Morgan fingerprint density at radius 3 is 2.71 bits per heavy atom. The molecule has 0 aliphatic rings. The van der Waals surface area contributed by atoms with Crippen LogP contribution < -0.4 is 5.32 Å². The van der Waals surface area contributed by atoms with Crippen LogP contribution in [0.3, 0.4) is 0 Å². The SMILES string of the molecule is Cc1[nH]c2ccc(C(=O)NCC(O)CC(C)C)cc2c1C. The Hall–Kier alpha value is -1.81. The lowest BCUT2D eigenvalue weighted by atomic mass is 10.1. The minimum Gasteiger partial charge on any atom is -0.391 e. The second kappa shape index (κ2) is 6.31. The van der Waals surface area contributed by atoms with E-state index in [0.29, 0.717) is 24.4 Å². The molecule has 21 heavy (non-hydrogen) atoms. The summed E-state index contributed by atoms with van der Waals surface area (Å²) in [5.41, 5.74) is 3.96. The number of nitrogens with one attached hydrogen (secondary N) is 2. The van der Waals surface area contributed by atoms with Crippen LogP contribution in [0.1, 0.15) is 41.9 Å². The highest BCUT2D eigenvalue weighted by molar-refractivity contribution is 5.99. The fraction of sp³-hybridized carbons (Fsp3) is 0.471. The minimum atomic E-state index is -0.492. The van der Waals surface area contributed by atoms with E-state index in [4.69, 9.17) is 0 Å². The Bertz CT molecular complexity index is 644. The molecule has 1 aromatic heterocycles. The molecular formula is C17H24N2O2. The van der Waals surface area contributed by atoms with Crippen molar-refractivity contribution >= 4 is 16.8 Å². The zero-order valence-electron chi connectivity index (χ0n) is 13.2. The van der Waals surface area contributed by atoms with Crippen LogP contribution >= 0.6 is 0 Å². The van der Waals surface area contributed by atoms with E-state index in [-0.39, 0.29) is 5.91 Å². The molecule has 0 spiro atoms. The predicted octanol–water partition coefficient (Wildman–Crippen LogP) is 2.92. The molecular weight excluding hydrogens is 264 g/mol. The molecule has 0 aliphatic carbocycles. The molecule has 0 saturated heterocycles. The van der Waals surface area contributed by atoms with E-state index in [0.717, 1.165) is 16.6 Å². The number of fused-ring (bicyclic) bond motifs is 1. The molecule has 0 fully saturated rings. The van der Waals surface area contributed by atoms with Crippen LogP contribution in [0.5, 0.6) is 0 Å². The Kier molecular flexibility index (Phi) is 4.68. The van der Waals surface area contributed by atoms with Gasteiger partial charge in [-0.05, 0) is 49.9 Å². The smallest absolute Gasteiger partial charge is 0.251 e. The van der Waals surface area contributed by atoms with E-state index in [1.165, 1.54) is 5.56 Å². The second-order valence-corrected chi connectivity index (χ2v) is 6.13. The van der Waals surface area contributed by atoms with Gasteiger partial charge >= 0.3 is 0 Å². The van der Waals surface area contributed by atoms with E-state index in [1.807, 2.05) is 32.0 Å². The summed E-state index contributed by atoms with van der Waals surface area (Å²) in [7, 11) is 0. The van der Waals surface area contributed by atoms with Gasteiger partial charge in [-0.2, -0.15) is 0 Å². The van der Waals surface area contributed by atoms with E-state index >= 15 is 0 Å². The van der Waals surface area contributed by atoms with E-state index in [9.17, 15) is 9.90 Å². The summed E-state index contributed by atoms with van der Waals surface area (Å²) in [5, 5.41) is 13.7. The van der Waals surface area contributed by atoms with Crippen LogP contribution in [-0.4, -0.2) is 28.6 Å². The number of H-pyrrole nitrogens is 1. The highest BCUT2D eigenvalue weighted by Gasteiger charge is 2.12. The number of carbonyl (C=O) groups is 1. The van der Waals surface area contributed by atoms with E-state index in [2.05, 4.69) is 24.1 Å². The third-order valence-electron chi connectivity index (χ3n) is 3.81. The zero-order chi connectivity index (χ0) is 15.6. The van der Waals surface area contributed by atoms with Crippen molar-refractivity contribution in [1.29, 1.82) is 0 Å². The third-order valence-corrected chi connectivity index (χ3v) is 3.81. The van der Waals surface area contributed by atoms with Crippen LogP contribution in [0.15, 0.2) is 18.2 Å². The van der Waals surface area contributed by atoms with Gasteiger partial charge in [0.15, 0.2) is 0 Å². The zero-order valence-corrected chi connectivity index (χ0v) is 13.2. The minimum absolute atomic E-state index is 0.141. The molecule has 0 radical (unpaired) electrons. The maximum absolute atomic E-state index is 12.2. The van der Waals surface area contributed by atoms with Crippen molar-refractivity contribution in [1.82, 2.24) is 10.3 Å². The first-order chi connectivity index (χ1) is 9.88. The first-order valence-corrected chi connectivity index (χ1v) is 7.43. The molecule has 1 atom stereocenters. The molecule has 114 valence electrons. The molecule has 0 bridgehead atoms. The van der Waals surface area contributed by atoms with Gasteiger partial charge in [-0.1, -0.05) is 13.8 Å². The topological polar surface area (TPSA) is 65.1 Å². The number of hydrogen-bond donors (Lipinski definition) is 3. The van der Waals surface area contributed by atoms with Gasteiger partial charge in [0, 0.05) is 28.7 Å². The molecule has 0 saturated carbocycles. The molecule has 1 aromatic carbocycles. The van der Waals surface area contributed by atoms with Gasteiger partial charge in [-0.3, -0.25) is 4.79 Å². The van der Waals surface area contributed by atoms with Gasteiger partial charge in [0.25, 0.3) is 5.91 Å². The number of carbonyl (C=O) groups excluding carboxylic acids is 1. The lowest BCUT2D eigenvalue weighted by Gasteiger charge is -2.13. The maximum Gasteiger partial charge on any atom is 0.251 e. The Labute approximate surface area is 125 Å². The highest BCUT2D eigenvalue weighted by Crippen LogP contribution is 2.22. The normalized spacial score (nSPS) is 12.9. The van der Waals surface area contributed by atoms with E-state index < -0.39 is 6.10 Å². The van der Waals surface area contributed by atoms with Gasteiger partial charge in [0.1, 0.15) is 0 Å². The Balaban J connectivity index is 2.07. The van der Waals surface area contributed by atoms with Crippen LogP contribution in [0.25, 0.3) is 10.9 Å². The Morgan fingerprint density at radius 1 is 1.33 bits per heavy atom.